The Morgan fingerprint density at radius 3 is 3.15 bits per heavy atom. The van der Waals surface area contributed by atoms with Crippen LogP contribution in [0, 0.1) is 0 Å². The second kappa shape index (κ2) is 5.16. The zero-order valence-electron chi connectivity index (χ0n) is 7.82. The van der Waals surface area contributed by atoms with Crippen molar-refractivity contribution in [1.29, 1.82) is 0 Å². The van der Waals surface area contributed by atoms with Crippen molar-refractivity contribution in [2.24, 2.45) is 0 Å². The molecule has 1 fully saturated rings. The van der Waals surface area contributed by atoms with Crippen molar-refractivity contribution in [2.75, 3.05) is 40.0 Å². The maximum Gasteiger partial charge on any atom is 0.237 e. The standard InChI is InChI=1S/C8H16N2O3/c1-9-4-8(12)10-2-3-13-6-7(10)5-11/h7,9,11H,2-6H2,1H3. The van der Waals surface area contributed by atoms with Gasteiger partial charge in [-0.2, -0.15) is 0 Å². The van der Waals surface area contributed by atoms with Gasteiger partial charge in [-0.25, -0.2) is 0 Å². The molecule has 5 nitrogen and oxygen atoms in total. The fourth-order valence-electron chi connectivity index (χ4n) is 1.39. The lowest BCUT2D eigenvalue weighted by Crippen LogP contribution is -2.52. The van der Waals surface area contributed by atoms with Crippen molar-refractivity contribution in [1.82, 2.24) is 10.2 Å². The topological polar surface area (TPSA) is 61.8 Å². The Balaban J connectivity index is 2.48. The highest BCUT2D eigenvalue weighted by Crippen LogP contribution is 2.05. The van der Waals surface area contributed by atoms with Crippen molar-refractivity contribution >= 4 is 5.91 Å². The molecule has 0 aromatic carbocycles. The number of morpholine rings is 1. The molecule has 0 aliphatic carbocycles. The zero-order valence-corrected chi connectivity index (χ0v) is 7.82. The van der Waals surface area contributed by atoms with Gasteiger partial charge in [0.1, 0.15) is 0 Å². The molecule has 1 heterocycles. The molecule has 1 rings (SSSR count). The van der Waals surface area contributed by atoms with Crippen LogP contribution in [0.2, 0.25) is 0 Å². The quantitative estimate of drug-likeness (QED) is 0.561. The summed E-state index contributed by atoms with van der Waals surface area (Å²) in [5.41, 5.74) is 0. The lowest BCUT2D eigenvalue weighted by Gasteiger charge is -2.34. The number of hydrogen-bond acceptors (Lipinski definition) is 4. The van der Waals surface area contributed by atoms with Gasteiger partial charge < -0.3 is 20.1 Å². The third-order valence-electron chi connectivity index (χ3n) is 2.09. The van der Waals surface area contributed by atoms with Gasteiger partial charge in [-0.3, -0.25) is 4.79 Å². The van der Waals surface area contributed by atoms with E-state index in [1.54, 1.807) is 11.9 Å². The number of likely N-dealkylation sites (N-methyl/N-ethyl adjacent to an activating group) is 1. The molecule has 1 atom stereocenters. The predicted octanol–water partition coefficient (Wildman–Crippen LogP) is -1.57. The lowest BCUT2D eigenvalue weighted by atomic mass is 10.2. The monoisotopic (exact) mass is 188 g/mol. The minimum Gasteiger partial charge on any atom is -0.394 e. The van der Waals surface area contributed by atoms with Gasteiger partial charge in [-0.05, 0) is 7.05 Å². The van der Waals surface area contributed by atoms with Crippen molar-refractivity contribution in [2.45, 2.75) is 6.04 Å². The van der Waals surface area contributed by atoms with E-state index in [-0.39, 0.29) is 18.6 Å². The van der Waals surface area contributed by atoms with Gasteiger partial charge in [0.25, 0.3) is 0 Å². The van der Waals surface area contributed by atoms with E-state index in [9.17, 15) is 4.79 Å². The zero-order chi connectivity index (χ0) is 9.68. The predicted molar refractivity (Wildman–Crippen MR) is 47.3 cm³/mol. The first-order valence-electron chi connectivity index (χ1n) is 4.42. The molecule has 1 saturated heterocycles. The van der Waals surface area contributed by atoms with Gasteiger partial charge in [0.15, 0.2) is 0 Å². The Bertz CT molecular complexity index is 175. The van der Waals surface area contributed by atoms with Gasteiger partial charge in [-0.1, -0.05) is 0 Å². The Kier molecular flexibility index (Phi) is 4.14. The SMILES string of the molecule is CNCC(=O)N1CCOCC1CO. The van der Waals surface area contributed by atoms with Crippen molar-refractivity contribution in [3.8, 4) is 0 Å². The summed E-state index contributed by atoms with van der Waals surface area (Å²) in [6.45, 7) is 1.86. The van der Waals surface area contributed by atoms with Crippen LogP contribution in [-0.4, -0.2) is 61.9 Å². The number of nitrogens with zero attached hydrogens (tertiary/aromatic N) is 1. The molecule has 5 heteroatoms. The van der Waals surface area contributed by atoms with E-state index in [4.69, 9.17) is 9.84 Å². The van der Waals surface area contributed by atoms with Crippen LogP contribution in [0.15, 0.2) is 0 Å². The third-order valence-corrected chi connectivity index (χ3v) is 2.09. The van der Waals surface area contributed by atoms with Crippen LogP contribution in [0.25, 0.3) is 0 Å². The van der Waals surface area contributed by atoms with Gasteiger partial charge in [0.2, 0.25) is 5.91 Å². The summed E-state index contributed by atoms with van der Waals surface area (Å²) in [5, 5.41) is 11.8. The number of carbonyl (C=O) groups is 1. The third kappa shape index (κ3) is 2.65. The highest BCUT2D eigenvalue weighted by atomic mass is 16.5. The number of aliphatic hydroxyl groups is 1. The summed E-state index contributed by atoms with van der Waals surface area (Å²) >= 11 is 0. The fraction of sp³-hybridized carbons (Fsp3) is 0.875. The molecule has 1 aliphatic rings. The molecule has 0 spiro atoms. The maximum absolute atomic E-state index is 11.5. The minimum absolute atomic E-state index is 0.0184. The average Bonchev–Trinajstić information content (AvgIpc) is 2.18. The van der Waals surface area contributed by atoms with E-state index in [1.807, 2.05) is 0 Å². The summed E-state index contributed by atoms with van der Waals surface area (Å²) in [7, 11) is 1.73. The average molecular weight is 188 g/mol. The summed E-state index contributed by atoms with van der Waals surface area (Å²) < 4.78 is 5.16. The number of ether oxygens (including phenoxy) is 1. The van der Waals surface area contributed by atoms with Crippen LogP contribution < -0.4 is 5.32 Å². The van der Waals surface area contributed by atoms with Crippen LogP contribution in [0.4, 0.5) is 0 Å². The highest BCUT2D eigenvalue weighted by molar-refractivity contribution is 5.78. The van der Waals surface area contributed by atoms with E-state index in [0.717, 1.165) is 0 Å². The molecule has 0 saturated carbocycles. The largest absolute Gasteiger partial charge is 0.394 e. The molecule has 1 unspecified atom stereocenters. The Hall–Kier alpha value is -0.650. The molecule has 0 bridgehead atoms. The summed E-state index contributed by atoms with van der Waals surface area (Å²) in [4.78, 5) is 13.1. The van der Waals surface area contributed by atoms with Crippen molar-refractivity contribution in [3.05, 3.63) is 0 Å². The molecule has 1 aliphatic heterocycles. The molecule has 0 radical (unpaired) electrons. The number of carbonyl (C=O) groups excluding carboxylic acids is 1. The summed E-state index contributed by atoms with van der Waals surface area (Å²) in [6, 6.07) is -0.172. The molecule has 0 aromatic heterocycles. The van der Waals surface area contributed by atoms with Crippen LogP contribution in [0.3, 0.4) is 0 Å². The second-order valence-electron chi connectivity index (χ2n) is 3.03. The Morgan fingerprint density at radius 2 is 2.54 bits per heavy atom. The molecule has 13 heavy (non-hydrogen) atoms. The Morgan fingerprint density at radius 1 is 1.77 bits per heavy atom. The fourth-order valence-corrected chi connectivity index (χ4v) is 1.39. The lowest BCUT2D eigenvalue weighted by molar-refractivity contribution is -0.140. The maximum atomic E-state index is 11.5. The van der Waals surface area contributed by atoms with E-state index < -0.39 is 0 Å². The Labute approximate surface area is 77.7 Å². The second-order valence-corrected chi connectivity index (χ2v) is 3.03. The van der Waals surface area contributed by atoms with Gasteiger partial charge in [-0.15, -0.1) is 0 Å². The van der Waals surface area contributed by atoms with E-state index in [2.05, 4.69) is 5.32 Å². The van der Waals surface area contributed by atoms with Crippen LogP contribution >= 0.6 is 0 Å². The first-order valence-corrected chi connectivity index (χ1v) is 4.42. The molecule has 2 N–H and O–H groups in total. The van der Waals surface area contributed by atoms with E-state index in [0.29, 0.717) is 26.3 Å². The van der Waals surface area contributed by atoms with Crippen LogP contribution in [0.1, 0.15) is 0 Å². The molecule has 76 valence electrons. The summed E-state index contributed by atoms with van der Waals surface area (Å²) in [6.07, 6.45) is 0. The minimum atomic E-state index is -0.172. The number of aliphatic hydroxyl groups excluding tert-OH is 1. The number of hydrogen-bond donors (Lipinski definition) is 2. The van der Waals surface area contributed by atoms with Crippen LogP contribution in [0.5, 0.6) is 0 Å². The van der Waals surface area contributed by atoms with Crippen LogP contribution in [-0.2, 0) is 9.53 Å². The molecular weight excluding hydrogens is 172 g/mol. The van der Waals surface area contributed by atoms with Gasteiger partial charge >= 0.3 is 0 Å². The first kappa shape index (κ1) is 10.4. The number of amides is 1. The van der Waals surface area contributed by atoms with Crippen molar-refractivity contribution < 1.29 is 14.6 Å². The van der Waals surface area contributed by atoms with Crippen molar-refractivity contribution in [3.63, 3.8) is 0 Å². The highest BCUT2D eigenvalue weighted by Gasteiger charge is 2.25. The molecular formula is C8H16N2O3. The summed E-state index contributed by atoms with van der Waals surface area (Å²) in [5.74, 6) is 0.0184. The van der Waals surface area contributed by atoms with E-state index in [1.165, 1.54) is 0 Å². The first-order chi connectivity index (χ1) is 6.29. The normalized spacial score (nSPS) is 23.2. The molecule has 1 amide bonds. The smallest absolute Gasteiger partial charge is 0.237 e. The number of nitrogens with one attached hydrogen (secondary N) is 1. The van der Waals surface area contributed by atoms with E-state index >= 15 is 0 Å². The number of rotatable bonds is 3. The van der Waals surface area contributed by atoms with Gasteiger partial charge in [0, 0.05) is 6.54 Å². The molecule has 0 aromatic rings. The van der Waals surface area contributed by atoms with Gasteiger partial charge in [0.05, 0.1) is 32.4 Å².